The second kappa shape index (κ2) is 10.8. The zero-order valence-corrected chi connectivity index (χ0v) is 21.6. The molecule has 2 heterocycles. The fourth-order valence-electron chi connectivity index (χ4n) is 4.10. The van der Waals surface area contributed by atoms with Crippen molar-refractivity contribution < 1.29 is 28.0 Å². The highest BCUT2D eigenvalue weighted by molar-refractivity contribution is 6.09. The van der Waals surface area contributed by atoms with Crippen molar-refractivity contribution in [3.05, 3.63) is 118 Å². The number of halogens is 2. The van der Waals surface area contributed by atoms with Crippen LogP contribution < -0.4 is 15.8 Å². The molecular formula is C28H25F2N5O4. The first kappa shape index (κ1) is 27.1. The topological polar surface area (TPSA) is 96.7 Å². The molecule has 0 unspecified atom stereocenters. The number of amides is 2. The Morgan fingerprint density at radius 2 is 0.974 bits per heavy atom. The molecule has 0 saturated carbocycles. The third-order valence-corrected chi connectivity index (χ3v) is 5.98. The number of benzene rings is 2. The predicted octanol–water partition coefficient (Wildman–Crippen LogP) is 3.74. The van der Waals surface area contributed by atoms with E-state index in [2.05, 4.69) is 5.53 Å². The van der Waals surface area contributed by atoms with Crippen LogP contribution in [-0.2, 0) is 9.59 Å². The molecular weight excluding hydrogens is 508 g/mol. The summed E-state index contributed by atoms with van der Waals surface area (Å²) in [6.45, 7) is 5.61. The number of rotatable bonds is 8. The zero-order chi connectivity index (χ0) is 28.4. The van der Waals surface area contributed by atoms with Gasteiger partial charge in [-0.1, -0.05) is 29.8 Å². The quantitative estimate of drug-likeness (QED) is 0.275. The lowest BCUT2D eigenvalue weighted by molar-refractivity contribution is -0.121. The highest BCUT2D eigenvalue weighted by atomic mass is 19.1. The first-order valence-corrected chi connectivity index (χ1v) is 11.9. The molecule has 39 heavy (non-hydrogen) atoms. The number of carbonyl (C=O) groups excluding carboxylic acids is 4. The number of ketones is 2. The third-order valence-electron chi connectivity index (χ3n) is 5.98. The standard InChI is InChI=1S/C28H25F2N5O4/c1-17-13-15-25(27(38)21-9-5-7-11-23(21)29)32(17)34(19(3)36)31-35(20(4)37)33-18(2)14-16-26(33)28(39)22-10-6-8-12-24(22)30/h5-16,31H,1-4H3. The molecule has 1 N–H and O–H groups in total. The van der Waals surface area contributed by atoms with Gasteiger partial charge in [0.15, 0.2) is 0 Å². The molecule has 0 spiro atoms. The van der Waals surface area contributed by atoms with Crippen molar-refractivity contribution >= 4 is 23.4 Å². The van der Waals surface area contributed by atoms with Gasteiger partial charge in [0.1, 0.15) is 23.0 Å². The van der Waals surface area contributed by atoms with E-state index in [4.69, 9.17) is 0 Å². The van der Waals surface area contributed by atoms with Crippen LogP contribution in [0, 0.1) is 25.5 Å². The minimum Gasteiger partial charge on any atom is -0.287 e. The molecule has 0 aliphatic carbocycles. The van der Waals surface area contributed by atoms with Gasteiger partial charge in [0, 0.05) is 25.2 Å². The summed E-state index contributed by atoms with van der Waals surface area (Å²) in [5.74, 6) is -4.16. The number of hydrazine groups is 2. The molecule has 11 heteroatoms. The second-order valence-corrected chi connectivity index (χ2v) is 8.72. The Morgan fingerprint density at radius 3 is 1.31 bits per heavy atom. The molecule has 4 aromatic rings. The molecule has 9 nitrogen and oxygen atoms in total. The fourth-order valence-corrected chi connectivity index (χ4v) is 4.10. The second-order valence-electron chi connectivity index (χ2n) is 8.72. The van der Waals surface area contributed by atoms with Gasteiger partial charge in [-0.2, -0.15) is 10.2 Å². The van der Waals surface area contributed by atoms with Gasteiger partial charge in [0.25, 0.3) is 11.8 Å². The highest BCUT2D eigenvalue weighted by Gasteiger charge is 2.29. The van der Waals surface area contributed by atoms with Gasteiger partial charge < -0.3 is 0 Å². The van der Waals surface area contributed by atoms with Crippen molar-refractivity contribution in [1.82, 2.24) is 14.9 Å². The summed E-state index contributed by atoms with van der Waals surface area (Å²) in [5, 5.41) is 1.78. The molecule has 0 saturated heterocycles. The summed E-state index contributed by atoms with van der Waals surface area (Å²) in [5.41, 5.74) is 2.95. The van der Waals surface area contributed by atoms with Gasteiger partial charge in [0.05, 0.1) is 11.1 Å². The van der Waals surface area contributed by atoms with E-state index in [1.54, 1.807) is 26.0 Å². The molecule has 200 valence electrons. The molecule has 0 bridgehead atoms. The Morgan fingerprint density at radius 1 is 0.615 bits per heavy atom. The number of hydrogen-bond acceptors (Lipinski definition) is 5. The molecule has 2 aromatic heterocycles. The van der Waals surface area contributed by atoms with Gasteiger partial charge >= 0.3 is 0 Å². The van der Waals surface area contributed by atoms with Crippen LogP contribution in [0.3, 0.4) is 0 Å². The summed E-state index contributed by atoms with van der Waals surface area (Å²) < 4.78 is 31.2. The van der Waals surface area contributed by atoms with Gasteiger partial charge in [0.2, 0.25) is 11.6 Å². The molecule has 2 aromatic carbocycles. The van der Waals surface area contributed by atoms with E-state index >= 15 is 0 Å². The van der Waals surface area contributed by atoms with E-state index in [0.717, 1.165) is 22.4 Å². The summed E-state index contributed by atoms with van der Waals surface area (Å²) in [6.07, 6.45) is 0. The number of aryl methyl sites for hydroxylation is 2. The Labute approximate surface area is 222 Å². The molecule has 0 aliphatic heterocycles. The van der Waals surface area contributed by atoms with Gasteiger partial charge in [-0.3, -0.25) is 19.2 Å². The Bertz CT molecular complexity index is 1490. The molecule has 0 aliphatic rings. The predicted molar refractivity (Wildman–Crippen MR) is 139 cm³/mol. The van der Waals surface area contributed by atoms with Crippen LogP contribution in [0.15, 0.2) is 72.8 Å². The fraction of sp³-hybridized carbons (Fsp3) is 0.143. The van der Waals surface area contributed by atoms with Crippen molar-refractivity contribution in [2.75, 3.05) is 10.2 Å². The Kier molecular flexibility index (Phi) is 7.54. The smallest absolute Gasteiger partial charge is 0.254 e. The number of hydrogen-bond donors (Lipinski definition) is 1. The number of nitrogens with one attached hydrogen (secondary N) is 1. The van der Waals surface area contributed by atoms with Gasteiger partial charge in [-0.15, -0.1) is 0 Å². The third kappa shape index (κ3) is 5.12. The van der Waals surface area contributed by atoms with Gasteiger partial charge in [-0.25, -0.2) is 18.1 Å². The molecule has 0 atom stereocenters. The minimum absolute atomic E-state index is 0.0595. The molecule has 2 amide bonds. The van der Waals surface area contributed by atoms with E-state index in [1.807, 2.05) is 0 Å². The van der Waals surface area contributed by atoms with Crippen molar-refractivity contribution in [3.63, 3.8) is 0 Å². The first-order chi connectivity index (χ1) is 18.5. The van der Waals surface area contributed by atoms with Crippen molar-refractivity contribution in [2.24, 2.45) is 0 Å². The maximum absolute atomic E-state index is 14.4. The first-order valence-electron chi connectivity index (χ1n) is 11.9. The van der Waals surface area contributed by atoms with E-state index < -0.39 is 35.0 Å². The average Bonchev–Trinajstić information content (AvgIpc) is 3.46. The maximum Gasteiger partial charge on any atom is 0.254 e. The lowest BCUT2D eigenvalue weighted by Gasteiger charge is -2.33. The van der Waals surface area contributed by atoms with Crippen LogP contribution in [0.5, 0.6) is 0 Å². The van der Waals surface area contributed by atoms with E-state index in [9.17, 15) is 28.0 Å². The van der Waals surface area contributed by atoms with Crippen molar-refractivity contribution in [1.29, 1.82) is 0 Å². The van der Waals surface area contributed by atoms with E-state index in [-0.39, 0.29) is 22.5 Å². The summed E-state index contributed by atoms with van der Waals surface area (Å²) in [7, 11) is 0. The van der Waals surface area contributed by atoms with Crippen LogP contribution in [0.25, 0.3) is 0 Å². The van der Waals surface area contributed by atoms with Crippen molar-refractivity contribution in [3.8, 4) is 0 Å². The largest absolute Gasteiger partial charge is 0.287 e. The van der Waals surface area contributed by atoms with E-state index in [0.29, 0.717) is 11.4 Å². The summed E-state index contributed by atoms with van der Waals surface area (Å²) in [4.78, 5) is 52.3. The normalized spacial score (nSPS) is 10.8. The maximum atomic E-state index is 14.4. The monoisotopic (exact) mass is 533 g/mol. The van der Waals surface area contributed by atoms with Crippen LogP contribution >= 0.6 is 0 Å². The zero-order valence-electron chi connectivity index (χ0n) is 21.6. The summed E-state index contributed by atoms with van der Waals surface area (Å²) in [6, 6.07) is 16.8. The average molecular weight is 534 g/mol. The van der Waals surface area contributed by atoms with Gasteiger partial charge in [-0.05, 0) is 62.4 Å². The van der Waals surface area contributed by atoms with Crippen LogP contribution in [0.4, 0.5) is 8.78 Å². The van der Waals surface area contributed by atoms with Crippen molar-refractivity contribution in [2.45, 2.75) is 27.7 Å². The number of aromatic nitrogens is 2. The number of nitrogens with zero attached hydrogens (tertiary/aromatic N) is 4. The molecule has 4 rings (SSSR count). The minimum atomic E-state index is -0.736. The van der Waals surface area contributed by atoms with E-state index in [1.165, 1.54) is 71.7 Å². The summed E-state index contributed by atoms with van der Waals surface area (Å²) >= 11 is 0. The van der Waals surface area contributed by atoms with Crippen LogP contribution in [0.1, 0.15) is 57.3 Å². The number of carbonyl (C=O) groups is 4. The SMILES string of the molecule is CC(=O)N(NN(C(C)=O)n1c(C)ccc1C(=O)c1ccccc1F)n1c(C)ccc1C(=O)c1ccccc1F. The lowest BCUT2D eigenvalue weighted by Crippen LogP contribution is -2.63. The molecule has 0 radical (unpaired) electrons. The highest BCUT2D eigenvalue weighted by Crippen LogP contribution is 2.19. The van der Waals surface area contributed by atoms with Crippen LogP contribution in [-0.4, -0.2) is 32.7 Å². The lowest BCUT2D eigenvalue weighted by atomic mass is 10.1. The molecule has 0 fully saturated rings. The Balaban J connectivity index is 1.79. The van der Waals surface area contributed by atoms with Crippen LogP contribution in [0.2, 0.25) is 0 Å². The Hall–Kier alpha value is -4.90.